The normalized spacial score (nSPS) is 17.4. The Morgan fingerprint density at radius 2 is 2.00 bits per heavy atom. The number of carbonyl (C=O) groups excluding carboxylic acids is 1. The van der Waals surface area contributed by atoms with Gasteiger partial charge in [-0.25, -0.2) is 0 Å². The zero-order valence-corrected chi connectivity index (χ0v) is 9.65. The van der Waals surface area contributed by atoms with Crippen molar-refractivity contribution in [3.8, 4) is 0 Å². The fraction of sp³-hybridized carbons (Fsp3) is 0.818. The van der Waals surface area contributed by atoms with E-state index in [0.29, 0.717) is 26.1 Å². The molecule has 0 unspecified atom stereocenters. The maximum atomic E-state index is 11.6. The lowest BCUT2D eigenvalue weighted by Crippen LogP contribution is -2.39. The fourth-order valence-corrected chi connectivity index (χ4v) is 1.98. The van der Waals surface area contributed by atoms with Gasteiger partial charge in [-0.15, -0.1) is 0 Å². The van der Waals surface area contributed by atoms with Crippen molar-refractivity contribution >= 4 is 11.9 Å². The van der Waals surface area contributed by atoms with Gasteiger partial charge in [-0.05, 0) is 18.8 Å². The standard InChI is InChI=1S/C11H19NO4/c1-16-7-4-10(13)12-5-2-9(3-6-12)8-11(14)15/h9H,2-8H2,1H3,(H,14,15). The SMILES string of the molecule is COCCC(=O)N1CCC(CC(=O)O)CC1. The van der Waals surface area contributed by atoms with E-state index in [1.807, 2.05) is 0 Å². The third-order valence-electron chi connectivity index (χ3n) is 2.95. The van der Waals surface area contributed by atoms with Crippen LogP contribution >= 0.6 is 0 Å². The summed E-state index contributed by atoms with van der Waals surface area (Å²) in [6.07, 6.45) is 2.23. The molecule has 1 amide bonds. The van der Waals surface area contributed by atoms with Crippen LogP contribution in [0, 0.1) is 5.92 Å². The van der Waals surface area contributed by atoms with Gasteiger partial charge < -0.3 is 14.7 Å². The molecule has 0 spiro atoms. The van der Waals surface area contributed by atoms with Gasteiger partial charge in [0.1, 0.15) is 0 Å². The van der Waals surface area contributed by atoms with E-state index in [9.17, 15) is 9.59 Å². The lowest BCUT2D eigenvalue weighted by molar-refractivity contribution is -0.138. The molecule has 1 rings (SSSR count). The molecule has 1 fully saturated rings. The van der Waals surface area contributed by atoms with Gasteiger partial charge in [-0.3, -0.25) is 9.59 Å². The highest BCUT2D eigenvalue weighted by molar-refractivity contribution is 5.76. The second-order valence-corrected chi connectivity index (χ2v) is 4.16. The van der Waals surface area contributed by atoms with E-state index in [4.69, 9.17) is 9.84 Å². The van der Waals surface area contributed by atoms with E-state index in [0.717, 1.165) is 12.8 Å². The summed E-state index contributed by atoms with van der Waals surface area (Å²) < 4.78 is 4.85. The smallest absolute Gasteiger partial charge is 0.303 e. The van der Waals surface area contributed by atoms with Crippen molar-refractivity contribution in [1.29, 1.82) is 0 Å². The number of ether oxygens (including phenoxy) is 1. The predicted molar refractivity (Wildman–Crippen MR) is 58.0 cm³/mol. The molecule has 0 aromatic carbocycles. The van der Waals surface area contributed by atoms with Crippen LogP contribution in [0.1, 0.15) is 25.7 Å². The summed E-state index contributed by atoms with van der Waals surface area (Å²) in [5.41, 5.74) is 0. The Kier molecular flexibility index (Phi) is 5.25. The summed E-state index contributed by atoms with van der Waals surface area (Å²) in [5.74, 6) is -0.413. The van der Waals surface area contributed by atoms with Crippen LogP contribution in [0.5, 0.6) is 0 Å². The molecule has 0 aromatic heterocycles. The van der Waals surface area contributed by atoms with Crippen molar-refractivity contribution < 1.29 is 19.4 Å². The number of nitrogens with zero attached hydrogens (tertiary/aromatic N) is 1. The number of hydrogen-bond acceptors (Lipinski definition) is 3. The minimum atomic E-state index is -0.746. The van der Waals surface area contributed by atoms with Crippen molar-refractivity contribution in [1.82, 2.24) is 4.90 Å². The van der Waals surface area contributed by atoms with Gasteiger partial charge >= 0.3 is 5.97 Å². The summed E-state index contributed by atoms with van der Waals surface area (Å²) in [6, 6.07) is 0. The van der Waals surface area contributed by atoms with Crippen LogP contribution in [0.25, 0.3) is 0 Å². The van der Waals surface area contributed by atoms with Gasteiger partial charge in [0.15, 0.2) is 0 Å². The first-order valence-corrected chi connectivity index (χ1v) is 5.62. The maximum absolute atomic E-state index is 11.6. The van der Waals surface area contributed by atoms with E-state index in [1.54, 1.807) is 12.0 Å². The number of piperidine rings is 1. The average molecular weight is 229 g/mol. The monoisotopic (exact) mass is 229 g/mol. The number of likely N-dealkylation sites (tertiary alicyclic amines) is 1. The van der Waals surface area contributed by atoms with Crippen LogP contribution in [0.3, 0.4) is 0 Å². The minimum absolute atomic E-state index is 0.107. The maximum Gasteiger partial charge on any atom is 0.303 e. The van der Waals surface area contributed by atoms with Gasteiger partial charge in [0.2, 0.25) is 5.91 Å². The molecule has 0 saturated carbocycles. The van der Waals surface area contributed by atoms with Crippen molar-refractivity contribution in [3.63, 3.8) is 0 Å². The van der Waals surface area contributed by atoms with Crippen molar-refractivity contribution in [2.75, 3.05) is 26.8 Å². The predicted octanol–water partition coefficient (Wildman–Crippen LogP) is 0.736. The number of aliphatic carboxylic acids is 1. The number of carboxylic acids is 1. The molecule has 0 aliphatic carbocycles. The number of carboxylic acid groups (broad SMARTS) is 1. The number of rotatable bonds is 5. The summed E-state index contributed by atoms with van der Waals surface area (Å²) >= 11 is 0. The van der Waals surface area contributed by atoms with E-state index in [2.05, 4.69) is 0 Å². The first-order valence-electron chi connectivity index (χ1n) is 5.62. The van der Waals surface area contributed by atoms with E-state index >= 15 is 0 Å². The van der Waals surface area contributed by atoms with Crippen LogP contribution < -0.4 is 0 Å². The van der Waals surface area contributed by atoms with Crippen LogP contribution in [0.15, 0.2) is 0 Å². The van der Waals surface area contributed by atoms with E-state index < -0.39 is 5.97 Å². The Morgan fingerprint density at radius 3 is 2.50 bits per heavy atom. The topological polar surface area (TPSA) is 66.8 Å². The molecule has 1 aliphatic rings. The number of amides is 1. The van der Waals surface area contributed by atoms with E-state index in [1.165, 1.54) is 0 Å². The zero-order chi connectivity index (χ0) is 12.0. The summed E-state index contributed by atoms with van der Waals surface area (Å²) in [6.45, 7) is 1.81. The lowest BCUT2D eigenvalue weighted by atomic mass is 9.93. The quantitative estimate of drug-likeness (QED) is 0.755. The second kappa shape index (κ2) is 6.48. The molecule has 0 aromatic rings. The van der Waals surface area contributed by atoms with Gasteiger partial charge in [0.25, 0.3) is 0 Å². The molecule has 5 nitrogen and oxygen atoms in total. The highest BCUT2D eigenvalue weighted by Gasteiger charge is 2.23. The fourth-order valence-electron chi connectivity index (χ4n) is 1.98. The largest absolute Gasteiger partial charge is 0.481 e. The molecule has 1 heterocycles. The Morgan fingerprint density at radius 1 is 1.38 bits per heavy atom. The highest BCUT2D eigenvalue weighted by atomic mass is 16.5. The third-order valence-corrected chi connectivity index (χ3v) is 2.95. The van der Waals surface area contributed by atoms with E-state index in [-0.39, 0.29) is 18.2 Å². The second-order valence-electron chi connectivity index (χ2n) is 4.16. The van der Waals surface area contributed by atoms with Gasteiger partial charge in [-0.1, -0.05) is 0 Å². The zero-order valence-electron chi connectivity index (χ0n) is 9.65. The van der Waals surface area contributed by atoms with Crippen molar-refractivity contribution in [3.05, 3.63) is 0 Å². The summed E-state index contributed by atoms with van der Waals surface area (Å²) in [7, 11) is 1.58. The van der Waals surface area contributed by atoms with Crippen LogP contribution in [0.2, 0.25) is 0 Å². The van der Waals surface area contributed by atoms with Crippen molar-refractivity contribution in [2.45, 2.75) is 25.7 Å². The molecule has 1 N–H and O–H groups in total. The van der Waals surface area contributed by atoms with Crippen LogP contribution in [-0.4, -0.2) is 48.7 Å². The third kappa shape index (κ3) is 4.18. The molecule has 5 heteroatoms. The molecule has 0 radical (unpaired) electrons. The molecule has 16 heavy (non-hydrogen) atoms. The summed E-state index contributed by atoms with van der Waals surface area (Å²) in [4.78, 5) is 23.9. The first kappa shape index (κ1) is 13.0. The molecule has 0 atom stereocenters. The Labute approximate surface area is 95.4 Å². The molecule has 0 bridgehead atoms. The van der Waals surface area contributed by atoms with Crippen LogP contribution in [0.4, 0.5) is 0 Å². The van der Waals surface area contributed by atoms with Crippen molar-refractivity contribution in [2.24, 2.45) is 5.92 Å². The minimum Gasteiger partial charge on any atom is -0.481 e. The van der Waals surface area contributed by atoms with Gasteiger partial charge in [0, 0.05) is 26.6 Å². The Bertz CT molecular complexity index is 246. The molecule has 1 saturated heterocycles. The molecular formula is C11H19NO4. The molecule has 1 aliphatic heterocycles. The Hall–Kier alpha value is -1.10. The number of methoxy groups -OCH3 is 1. The summed E-state index contributed by atoms with van der Waals surface area (Å²) in [5, 5.41) is 8.66. The number of carbonyl (C=O) groups is 2. The van der Waals surface area contributed by atoms with Crippen LogP contribution in [-0.2, 0) is 14.3 Å². The highest BCUT2D eigenvalue weighted by Crippen LogP contribution is 2.20. The molecule has 92 valence electrons. The Balaban J connectivity index is 2.25. The lowest BCUT2D eigenvalue weighted by Gasteiger charge is -2.31. The van der Waals surface area contributed by atoms with Gasteiger partial charge in [0.05, 0.1) is 13.0 Å². The first-order chi connectivity index (χ1) is 7.63. The average Bonchev–Trinajstić information content (AvgIpc) is 2.26. The number of hydrogen-bond donors (Lipinski definition) is 1. The van der Waals surface area contributed by atoms with Gasteiger partial charge in [-0.2, -0.15) is 0 Å². The molecular weight excluding hydrogens is 210 g/mol.